The second-order valence-electron chi connectivity index (χ2n) is 3.79. The van der Waals surface area contributed by atoms with E-state index in [1.807, 2.05) is 35.0 Å². The molecule has 6 nitrogen and oxygen atoms in total. The van der Waals surface area contributed by atoms with Crippen molar-refractivity contribution in [3.8, 4) is 0 Å². The predicted octanol–water partition coefficient (Wildman–Crippen LogP) is 0.362. The normalized spacial score (nSPS) is 12.9. The molecule has 0 saturated heterocycles. The topological polar surface area (TPSA) is 60.6 Å². The first kappa shape index (κ1) is 10.8. The molecule has 0 radical (unpaired) electrons. The van der Waals surface area contributed by atoms with E-state index in [0.717, 1.165) is 13.1 Å². The molecule has 86 valence electrons. The van der Waals surface area contributed by atoms with Crippen LogP contribution in [0.15, 0.2) is 24.8 Å². The summed E-state index contributed by atoms with van der Waals surface area (Å²) < 4.78 is 3.62. The van der Waals surface area contributed by atoms with Crippen LogP contribution in [0.1, 0.15) is 18.5 Å². The lowest BCUT2D eigenvalue weighted by atomic mass is 10.2. The highest BCUT2D eigenvalue weighted by Gasteiger charge is 2.05. The van der Waals surface area contributed by atoms with E-state index >= 15 is 0 Å². The predicted molar refractivity (Wildman–Crippen MR) is 59.6 cm³/mol. The third-order valence-electron chi connectivity index (χ3n) is 2.49. The molecule has 2 aromatic rings. The number of aryl methyl sites for hydroxylation is 1. The highest BCUT2D eigenvalue weighted by Crippen LogP contribution is 2.09. The van der Waals surface area contributed by atoms with Gasteiger partial charge in [-0.05, 0) is 6.92 Å². The second-order valence-corrected chi connectivity index (χ2v) is 3.79. The summed E-state index contributed by atoms with van der Waals surface area (Å²) in [4.78, 5) is 0. The van der Waals surface area contributed by atoms with E-state index < -0.39 is 0 Å². The third kappa shape index (κ3) is 2.66. The van der Waals surface area contributed by atoms with Gasteiger partial charge in [-0.1, -0.05) is 5.21 Å². The summed E-state index contributed by atoms with van der Waals surface area (Å²) >= 11 is 0. The van der Waals surface area contributed by atoms with E-state index in [0.29, 0.717) is 6.04 Å². The smallest absolute Gasteiger partial charge is 0.0692 e. The molecule has 0 saturated carbocycles. The van der Waals surface area contributed by atoms with Crippen LogP contribution < -0.4 is 5.32 Å². The molecule has 1 atom stereocenters. The molecule has 2 heterocycles. The summed E-state index contributed by atoms with van der Waals surface area (Å²) in [7, 11) is 1.92. The number of nitrogens with zero attached hydrogens (tertiary/aromatic N) is 5. The molecular weight excluding hydrogens is 204 g/mol. The lowest BCUT2D eigenvalue weighted by Crippen LogP contribution is -2.23. The van der Waals surface area contributed by atoms with Crippen LogP contribution in [0.2, 0.25) is 0 Å². The number of hydrogen-bond donors (Lipinski definition) is 1. The molecule has 0 fully saturated rings. The molecule has 0 bridgehead atoms. The van der Waals surface area contributed by atoms with Crippen molar-refractivity contribution in [3.05, 3.63) is 30.4 Å². The van der Waals surface area contributed by atoms with Crippen LogP contribution in [0.3, 0.4) is 0 Å². The van der Waals surface area contributed by atoms with Gasteiger partial charge in [0.25, 0.3) is 0 Å². The Labute approximate surface area is 94.3 Å². The van der Waals surface area contributed by atoms with Crippen molar-refractivity contribution in [1.29, 1.82) is 0 Å². The van der Waals surface area contributed by atoms with Gasteiger partial charge in [-0.25, -0.2) is 0 Å². The quantitative estimate of drug-likeness (QED) is 0.790. The van der Waals surface area contributed by atoms with Crippen molar-refractivity contribution >= 4 is 0 Å². The lowest BCUT2D eigenvalue weighted by molar-refractivity contribution is 0.499. The maximum atomic E-state index is 4.14. The molecular formula is C10H16N6. The summed E-state index contributed by atoms with van der Waals surface area (Å²) in [5.74, 6) is 0. The average molecular weight is 220 g/mol. The summed E-state index contributed by atoms with van der Waals surface area (Å²) in [5, 5.41) is 15.2. The third-order valence-corrected chi connectivity index (χ3v) is 2.49. The first-order chi connectivity index (χ1) is 7.75. The summed E-state index contributed by atoms with van der Waals surface area (Å²) in [5.41, 5.74) is 1.20. The SMILES string of the molecule is CC(NCCn1ccnn1)c1cnn(C)c1. The Bertz CT molecular complexity index is 418. The molecule has 2 aromatic heterocycles. The van der Waals surface area contributed by atoms with Crippen LogP contribution >= 0.6 is 0 Å². The average Bonchev–Trinajstić information content (AvgIpc) is 2.89. The minimum absolute atomic E-state index is 0.303. The maximum absolute atomic E-state index is 4.14. The van der Waals surface area contributed by atoms with Gasteiger partial charge in [0.05, 0.1) is 18.9 Å². The van der Waals surface area contributed by atoms with E-state index in [9.17, 15) is 0 Å². The van der Waals surface area contributed by atoms with E-state index in [1.54, 1.807) is 6.20 Å². The molecule has 0 aromatic carbocycles. The molecule has 0 aliphatic heterocycles. The van der Waals surface area contributed by atoms with E-state index in [-0.39, 0.29) is 0 Å². The van der Waals surface area contributed by atoms with Gasteiger partial charge in [0, 0.05) is 37.6 Å². The molecule has 0 aliphatic carbocycles. The van der Waals surface area contributed by atoms with Crippen LogP contribution in [0.25, 0.3) is 0 Å². The van der Waals surface area contributed by atoms with Crippen molar-refractivity contribution in [2.75, 3.05) is 6.54 Å². The lowest BCUT2D eigenvalue weighted by Gasteiger charge is -2.11. The molecule has 6 heteroatoms. The highest BCUT2D eigenvalue weighted by atomic mass is 15.4. The molecule has 0 aliphatic rings. The van der Waals surface area contributed by atoms with Gasteiger partial charge in [-0.3, -0.25) is 9.36 Å². The van der Waals surface area contributed by atoms with Crippen LogP contribution in [-0.4, -0.2) is 31.3 Å². The van der Waals surface area contributed by atoms with Crippen molar-refractivity contribution in [3.63, 3.8) is 0 Å². The number of nitrogens with one attached hydrogen (secondary N) is 1. The molecule has 1 unspecified atom stereocenters. The monoisotopic (exact) mass is 220 g/mol. The Morgan fingerprint density at radius 3 is 3.00 bits per heavy atom. The summed E-state index contributed by atoms with van der Waals surface area (Å²) in [6.07, 6.45) is 7.45. The number of rotatable bonds is 5. The molecule has 2 rings (SSSR count). The Morgan fingerprint density at radius 2 is 2.38 bits per heavy atom. The zero-order valence-corrected chi connectivity index (χ0v) is 9.54. The fraction of sp³-hybridized carbons (Fsp3) is 0.500. The van der Waals surface area contributed by atoms with Crippen molar-refractivity contribution in [2.24, 2.45) is 7.05 Å². The van der Waals surface area contributed by atoms with Crippen LogP contribution in [0, 0.1) is 0 Å². The minimum Gasteiger partial charge on any atom is -0.308 e. The molecule has 16 heavy (non-hydrogen) atoms. The first-order valence-electron chi connectivity index (χ1n) is 5.32. The summed E-state index contributed by atoms with van der Waals surface area (Å²) in [6, 6.07) is 0.303. The summed E-state index contributed by atoms with van der Waals surface area (Å²) in [6.45, 7) is 3.81. The fourth-order valence-corrected chi connectivity index (χ4v) is 1.53. The van der Waals surface area contributed by atoms with E-state index in [4.69, 9.17) is 0 Å². The standard InChI is InChI=1S/C10H16N6/c1-9(10-7-13-15(2)8-10)11-3-5-16-6-4-12-14-16/h4,6-9,11H,3,5H2,1-2H3. The van der Waals surface area contributed by atoms with Crippen LogP contribution in [0.4, 0.5) is 0 Å². The number of hydrogen-bond acceptors (Lipinski definition) is 4. The van der Waals surface area contributed by atoms with Gasteiger partial charge in [0.2, 0.25) is 0 Å². The van der Waals surface area contributed by atoms with Gasteiger partial charge in [-0.2, -0.15) is 5.10 Å². The van der Waals surface area contributed by atoms with Gasteiger partial charge >= 0.3 is 0 Å². The van der Waals surface area contributed by atoms with E-state index in [2.05, 4.69) is 27.7 Å². The van der Waals surface area contributed by atoms with Gasteiger partial charge in [-0.15, -0.1) is 5.10 Å². The minimum atomic E-state index is 0.303. The van der Waals surface area contributed by atoms with Gasteiger partial charge < -0.3 is 5.32 Å². The van der Waals surface area contributed by atoms with Crippen molar-refractivity contribution in [2.45, 2.75) is 19.5 Å². The van der Waals surface area contributed by atoms with Crippen molar-refractivity contribution in [1.82, 2.24) is 30.1 Å². The highest BCUT2D eigenvalue weighted by molar-refractivity contribution is 5.08. The van der Waals surface area contributed by atoms with E-state index in [1.165, 1.54) is 5.56 Å². The number of aromatic nitrogens is 5. The Kier molecular flexibility index (Phi) is 3.31. The Morgan fingerprint density at radius 1 is 1.50 bits per heavy atom. The van der Waals surface area contributed by atoms with Crippen molar-refractivity contribution < 1.29 is 0 Å². The van der Waals surface area contributed by atoms with Crippen LogP contribution in [0.5, 0.6) is 0 Å². The fourth-order valence-electron chi connectivity index (χ4n) is 1.53. The zero-order valence-electron chi connectivity index (χ0n) is 9.54. The molecule has 0 spiro atoms. The molecule has 0 amide bonds. The van der Waals surface area contributed by atoms with Gasteiger partial charge in [0.1, 0.15) is 0 Å². The maximum Gasteiger partial charge on any atom is 0.0692 e. The zero-order chi connectivity index (χ0) is 11.4. The molecule has 1 N–H and O–H groups in total. The van der Waals surface area contributed by atoms with Gasteiger partial charge in [0.15, 0.2) is 0 Å². The van der Waals surface area contributed by atoms with Crippen LogP contribution in [-0.2, 0) is 13.6 Å². The first-order valence-corrected chi connectivity index (χ1v) is 5.32. The Hall–Kier alpha value is -1.69. The second kappa shape index (κ2) is 4.89. The Balaban J connectivity index is 1.78. The largest absolute Gasteiger partial charge is 0.308 e.